The molecule has 0 radical (unpaired) electrons. The SMILES string of the molecule is COc1cccc(CNC(=O)CC2CS(=O)(=O)CCN2)c1. The van der Waals surface area contributed by atoms with E-state index in [4.69, 9.17) is 4.74 Å². The maximum atomic E-state index is 11.9. The molecule has 0 spiro atoms. The molecule has 0 aliphatic carbocycles. The third-order valence-corrected chi connectivity index (χ3v) is 5.09. The lowest BCUT2D eigenvalue weighted by Crippen LogP contribution is -2.47. The van der Waals surface area contributed by atoms with Crippen LogP contribution in [0.2, 0.25) is 0 Å². The van der Waals surface area contributed by atoms with E-state index in [1.807, 2.05) is 24.3 Å². The highest BCUT2D eigenvalue weighted by Crippen LogP contribution is 2.12. The number of hydrogen-bond donors (Lipinski definition) is 2. The van der Waals surface area contributed by atoms with E-state index in [9.17, 15) is 13.2 Å². The fourth-order valence-corrected chi connectivity index (χ4v) is 3.72. The van der Waals surface area contributed by atoms with E-state index in [0.717, 1.165) is 11.3 Å². The van der Waals surface area contributed by atoms with E-state index in [2.05, 4.69) is 10.6 Å². The normalized spacial score (nSPS) is 20.7. The Hall–Kier alpha value is -1.60. The van der Waals surface area contributed by atoms with Gasteiger partial charge in [-0.1, -0.05) is 12.1 Å². The van der Waals surface area contributed by atoms with E-state index >= 15 is 0 Å². The van der Waals surface area contributed by atoms with E-state index in [-0.39, 0.29) is 29.9 Å². The summed E-state index contributed by atoms with van der Waals surface area (Å²) in [4.78, 5) is 11.9. The molecule has 116 valence electrons. The minimum absolute atomic E-state index is 0.0274. The molecule has 1 aromatic carbocycles. The zero-order valence-electron chi connectivity index (χ0n) is 12.0. The summed E-state index contributed by atoms with van der Waals surface area (Å²) in [6, 6.07) is 7.14. The van der Waals surface area contributed by atoms with Gasteiger partial charge in [0, 0.05) is 25.6 Å². The Morgan fingerprint density at radius 2 is 2.29 bits per heavy atom. The number of nitrogens with one attached hydrogen (secondary N) is 2. The van der Waals surface area contributed by atoms with Crippen LogP contribution < -0.4 is 15.4 Å². The highest BCUT2D eigenvalue weighted by molar-refractivity contribution is 7.91. The van der Waals surface area contributed by atoms with E-state index in [1.165, 1.54) is 0 Å². The summed E-state index contributed by atoms with van der Waals surface area (Å²) in [7, 11) is -1.42. The van der Waals surface area contributed by atoms with Gasteiger partial charge in [-0.25, -0.2) is 8.42 Å². The standard InChI is InChI=1S/C14H20N2O4S/c1-20-13-4-2-3-11(7-13)9-16-14(17)8-12-10-21(18,19)6-5-15-12/h2-4,7,12,15H,5-6,8-10H2,1H3,(H,16,17). The molecule has 2 rings (SSSR count). The second-order valence-corrected chi connectivity index (χ2v) is 7.33. The lowest BCUT2D eigenvalue weighted by atomic mass is 10.2. The van der Waals surface area contributed by atoms with Gasteiger partial charge >= 0.3 is 0 Å². The second-order valence-electron chi connectivity index (χ2n) is 5.10. The molecule has 0 bridgehead atoms. The molecule has 1 unspecified atom stereocenters. The molecule has 6 nitrogen and oxygen atoms in total. The molecule has 1 saturated heterocycles. The first-order valence-electron chi connectivity index (χ1n) is 6.82. The van der Waals surface area contributed by atoms with Crippen LogP contribution in [0, 0.1) is 0 Å². The summed E-state index contributed by atoms with van der Waals surface area (Å²) >= 11 is 0. The minimum atomic E-state index is -3.01. The lowest BCUT2D eigenvalue weighted by molar-refractivity contribution is -0.121. The van der Waals surface area contributed by atoms with Crippen molar-refractivity contribution in [1.29, 1.82) is 0 Å². The molecular formula is C14H20N2O4S. The van der Waals surface area contributed by atoms with Crippen LogP contribution in [0.3, 0.4) is 0 Å². The first-order chi connectivity index (χ1) is 9.98. The summed E-state index contributed by atoms with van der Waals surface area (Å²) in [5, 5.41) is 5.86. The van der Waals surface area contributed by atoms with Gasteiger partial charge in [0.1, 0.15) is 5.75 Å². The monoisotopic (exact) mass is 312 g/mol. The number of ether oxygens (including phenoxy) is 1. The molecule has 21 heavy (non-hydrogen) atoms. The predicted octanol–water partition coefficient (Wildman–Crippen LogP) is 0.0881. The number of carbonyl (C=O) groups is 1. The van der Waals surface area contributed by atoms with Gasteiger partial charge in [0.05, 0.1) is 18.6 Å². The molecule has 1 fully saturated rings. The third-order valence-electron chi connectivity index (χ3n) is 3.36. The van der Waals surface area contributed by atoms with Crippen molar-refractivity contribution < 1.29 is 17.9 Å². The molecule has 1 aromatic rings. The van der Waals surface area contributed by atoms with E-state index < -0.39 is 9.84 Å². The summed E-state index contributed by atoms with van der Waals surface area (Å²) < 4.78 is 28.1. The number of rotatable bonds is 5. The van der Waals surface area contributed by atoms with E-state index in [1.54, 1.807) is 7.11 Å². The highest BCUT2D eigenvalue weighted by atomic mass is 32.2. The van der Waals surface area contributed by atoms with Crippen molar-refractivity contribution in [3.05, 3.63) is 29.8 Å². The summed E-state index contributed by atoms with van der Waals surface area (Å²) in [6.07, 6.45) is 0.170. The molecular weight excluding hydrogens is 292 g/mol. The number of carbonyl (C=O) groups excluding carboxylic acids is 1. The third kappa shape index (κ3) is 5.02. The number of benzene rings is 1. The molecule has 1 aliphatic rings. The van der Waals surface area contributed by atoms with Crippen LogP contribution >= 0.6 is 0 Å². The van der Waals surface area contributed by atoms with Crippen LogP contribution in [0.1, 0.15) is 12.0 Å². The van der Waals surface area contributed by atoms with Gasteiger partial charge < -0.3 is 15.4 Å². The molecule has 0 saturated carbocycles. The summed E-state index contributed by atoms with van der Waals surface area (Å²) in [6.45, 7) is 0.811. The van der Waals surface area contributed by atoms with Crippen LogP contribution in [0.15, 0.2) is 24.3 Å². The molecule has 2 N–H and O–H groups in total. The number of amides is 1. The molecule has 1 atom stereocenters. The largest absolute Gasteiger partial charge is 0.497 e. The van der Waals surface area contributed by atoms with Crippen molar-refractivity contribution in [3.8, 4) is 5.75 Å². The second kappa shape index (κ2) is 6.91. The van der Waals surface area contributed by atoms with Crippen molar-refractivity contribution >= 4 is 15.7 Å². The van der Waals surface area contributed by atoms with Crippen molar-refractivity contribution in [2.75, 3.05) is 25.2 Å². The Morgan fingerprint density at radius 3 is 3.00 bits per heavy atom. The average Bonchev–Trinajstić information content (AvgIpc) is 2.44. The fourth-order valence-electron chi connectivity index (χ4n) is 2.28. The zero-order chi connectivity index (χ0) is 15.3. The van der Waals surface area contributed by atoms with Crippen molar-refractivity contribution in [1.82, 2.24) is 10.6 Å². The van der Waals surface area contributed by atoms with Crippen LogP contribution in [0.4, 0.5) is 0 Å². The first kappa shape index (κ1) is 15.8. The van der Waals surface area contributed by atoms with Gasteiger partial charge in [0.15, 0.2) is 9.84 Å². The maximum absolute atomic E-state index is 11.9. The van der Waals surface area contributed by atoms with Crippen LogP contribution in [-0.4, -0.2) is 45.5 Å². The van der Waals surface area contributed by atoms with E-state index in [0.29, 0.717) is 13.1 Å². The van der Waals surface area contributed by atoms with Crippen molar-refractivity contribution in [3.63, 3.8) is 0 Å². The Morgan fingerprint density at radius 1 is 1.48 bits per heavy atom. The predicted molar refractivity (Wildman–Crippen MR) is 79.9 cm³/mol. The molecule has 1 aliphatic heterocycles. The lowest BCUT2D eigenvalue weighted by Gasteiger charge is -2.23. The van der Waals surface area contributed by atoms with Crippen molar-refractivity contribution in [2.24, 2.45) is 0 Å². The van der Waals surface area contributed by atoms with Gasteiger partial charge in [0.25, 0.3) is 0 Å². The Labute approximate surface area is 124 Å². The molecule has 1 heterocycles. The number of methoxy groups -OCH3 is 1. The Bertz CT molecular complexity index is 601. The summed E-state index contributed by atoms with van der Waals surface area (Å²) in [5.74, 6) is 0.753. The van der Waals surface area contributed by atoms with Gasteiger partial charge in [-0.2, -0.15) is 0 Å². The van der Waals surface area contributed by atoms with Crippen LogP contribution in [0.5, 0.6) is 5.75 Å². The smallest absolute Gasteiger partial charge is 0.221 e. The number of sulfone groups is 1. The minimum Gasteiger partial charge on any atom is -0.497 e. The molecule has 7 heteroatoms. The quantitative estimate of drug-likeness (QED) is 0.805. The van der Waals surface area contributed by atoms with Crippen LogP contribution in [-0.2, 0) is 21.2 Å². The maximum Gasteiger partial charge on any atom is 0.221 e. The first-order valence-corrected chi connectivity index (χ1v) is 8.64. The topological polar surface area (TPSA) is 84.5 Å². The van der Waals surface area contributed by atoms with Gasteiger partial charge in [0.2, 0.25) is 5.91 Å². The fraction of sp³-hybridized carbons (Fsp3) is 0.500. The van der Waals surface area contributed by atoms with Gasteiger partial charge in [-0.05, 0) is 17.7 Å². The van der Waals surface area contributed by atoms with Gasteiger partial charge in [-0.15, -0.1) is 0 Å². The van der Waals surface area contributed by atoms with Crippen LogP contribution in [0.25, 0.3) is 0 Å². The Kier molecular flexibility index (Phi) is 5.19. The Balaban J connectivity index is 1.82. The zero-order valence-corrected chi connectivity index (χ0v) is 12.8. The van der Waals surface area contributed by atoms with Crippen molar-refractivity contribution in [2.45, 2.75) is 19.0 Å². The average molecular weight is 312 g/mol. The van der Waals surface area contributed by atoms with Gasteiger partial charge in [-0.3, -0.25) is 4.79 Å². The number of hydrogen-bond acceptors (Lipinski definition) is 5. The molecule has 0 aromatic heterocycles. The molecule has 1 amide bonds. The summed E-state index contributed by atoms with van der Waals surface area (Å²) in [5.41, 5.74) is 0.937. The highest BCUT2D eigenvalue weighted by Gasteiger charge is 2.25.